The monoisotopic (exact) mass is 302 g/mol. The largest absolute Gasteiger partial charge is 0.459 e. The van der Waals surface area contributed by atoms with E-state index < -0.39 is 0 Å². The molecule has 22 heavy (non-hydrogen) atoms. The highest BCUT2D eigenvalue weighted by atomic mass is 16.6. The van der Waals surface area contributed by atoms with Crippen molar-refractivity contribution in [1.82, 2.24) is 9.78 Å². The molecule has 0 amide bonds. The van der Waals surface area contributed by atoms with Gasteiger partial charge in [0.1, 0.15) is 12.7 Å². The summed E-state index contributed by atoms with van der Waals surface area (Å²) in [5.74, 6) is -0.320. The number of hydrogen-bond acceptors (Lipinski definition) is 5. The van der Waals surface area contributed by atoms with Crippen LogP contribution in [0, 0.1) is 0 Å². The molecule has 0 N–H and O–H groups in total. The van der Waals surface area contributed by atoms with E-state index in [9.17, 15) is 4.79 Å². The van der Waals surface area contributed by atoms with Crippen LogP contribution in [0.1, 0.15) is 35.8 Å². The summed E-state index contributed by atoms with van der Waals surface area (Å²) in [6.07, 6.45) is 5.08. The van der Waals surface area contributed by atoms with Crippen LogP contribution in [0.2, 0.25) is 0 Å². The maximum Gasteiger partial charge on any atom is 0.338 e. The molecule has 2 aliphatic rings. The number of rotatable bonds is 4. The predicted octanol–water partition coefficient (Wildman–Crippen LogP) is 2.29. The van der Waals surface area contributed by atoms with Crippen LogP contribution in [0.25, 0.3) is 10.9 Å². The minimum atomic E-state index is -0.320. The molecule has 2 unspecified atom stereocenters. The Morgan fingerprint density at radius 1 is 1.36 bits per heavy atom. The topological polar surface area (TPSA) is 65.9 Å². The standard InChI is InChI=1S/C16H18N2O4/c19-16(22-10-13-9-21-13)11-4-5-14-12(7-11)8-17-18(14)15-3-1-2-6-20-15/h4-5,7-8,13,15H,1-3,6,9-10H2. The molecule has 0 radical (unpaired) electrons. The lowest BCUT2D eigenvalue weighted by atomic mass is 10.1. The van der Waals surface area contributed by atoms with E-state index >= 15 is 0 Å². The van der Waals surface area contributed by atoms with Crippen molar-refractivity contribution in [1.29, 1.82) is 0 Å². The molecule has 6 heteroatoms. The Balaban J connectivity index is 1.54. The van der Waals surface area contributed by atoms with Crippen molar-refractivity contribution in [3.05, 3.63) is 30.0 Å². The number of nitrogens with zero attached hydrogens (tertiary/aromatic N) is 2. The van der Waals surface area contributed by atoms with Crippen LogP contribution in [0.4, 0.5) is 0 Å². The number of fused-ring (bicyclic) bond motifs is 1. The summed E-state index contributed by atoms with van der Waals surface area (Å²) >= 11 is 0. The average molecular weight is 302 g/mol. The summed E-state index contributed by atoms with van der Waals surface area (Å²) in [5, 5.41) is 5.35. The van der Waals surface area contributed by atoms with Crippen molar-refractivity contribution in [2.45, 2.75) is 31.6 Å². The van der Waals surface area contributed by atoms with E-state index in [0.717, 1.165) is 36.8 Å². The number of aromatic nitrogens is 2. The smallest absolute Gasteiger partial charge is 0.338 e. The van der Waals surface area contributed by atoms with Gasteiger partial charge in [0, 0.05) is 12.0 Å². The number of hydrogen-bond donors (Lipinski definition) is 0. The molecule has 0 spiro atoms. The lowest BCUT2D eigenvalue weighted by molar-refractivity contribution is -0.0366. The Morgan fingerprint density at radius 2 is 2.27 bits per heavy atom. The minimum absolute atomic E-state index is 0.00364. The van der Waals surface area contributed by atoms with Crippen LogP contribution in [0.5, 0.6) is 0 Å². The molecule has 2 fully saturated rings. The zero-order valence-corrected chi connectivity index (χ0v) is 12.2. The van der Waals surface area contributed by atoms with Crippen molar-refractivity contribution < 1.29 is 19.0 Å². The van der Waals surface area contributed by atoms with Crippen LogP contribution < -0.4 is 0 Å². The van der Waals surface area contributed by atoms with E-state index in [2.05, 4.69) is 5.10 Å². The number of benzene rings is 1. The van der Waals surface area contributed by atoms with Gasteiger partial charge in [-0.15, -0.1) is 0 Å². The summed E-state index contributed by atoms with van der Waals surface area (Å²) in [6, 6.07) is 5.50. The Kier molecular flexibility index (Phi) is 3.56. The van der Waals surface area contributed by atoms with E-state index in [1.807, 2.05) is 16.8 Å². The molecule has 2 atom stereocenters. The molecule has 2 saturated heterocycles. The highest BCUT2D eigenvalue weighted by Crippen LogP contribution is 2.26. The zero-order chi connectivity index (χ0) is 14.9. The molecule has 2 aliphatic heterocycles. The Hall–Kier alpha value is -1.92. The number of carbonyl (C=O) groups excluding carboxylic acids is 1. The lowest BCUT2D eigenvalue weighted by Crippen LogP contribution is -2.19. The molecule has 116 valence electrons. The van der Waals surface area contributed by atoms with Crippen molar-refractivity contribution in [2.75, 3.05) is 19.8 Å². The molecule has 0 aliphatic carbocycles. The van der Waals surface area contributed by atoms with Gasteiger partial charge in [-0.2, -0.15) is 5.10 Å². The molecule has 1 aromatic heterocycles. The minimum Gasteiger partial charge on any atom is -0.459 e. The fourth-order valence-corrected chi connectivity index (χ4v) is 2.74. The van der Waals surface area contributed by atoms with Gasteiger partial charge < -0.3 is 14.2 Å². The van der Waals surface area contributed by atoms with E-state index in [0.29, 0.717) is 18.8 Å². The first-order valence-corrected chi connectivity index (χ1v) is 7.69. The second-order valence-electron chi connectivity index (χ2n) is 5.74. The summed E-state index contributed by atoms with van der Waals surface area (Å²) in [4.78, 5) is 12.0. The first-order valence-electron chi connectivity index (χ1n) is 7.69. The van der Waals surface area contributed by atoms with Gasteiger partial charge in [-0.25, -0.2) is 9.48 Å². The van der Waals surface area contributed by atoms with Crippen molar-refractivity contribution in [2.24, 2.45) is 0 Å². The van der Waals surface area contributed by atoms with E-state index in [4.69, 9.17) is 14.2 Å². The summed E-state index contributed by atoms with van der Waals surface area (Å²) in [6.45, 7) is 1.78. The van der Waals surface area contributed by atoms with E-state index in [1.54, 1.807) is 12.3 Å². The van der Waals surface area contributed by atoms with E-state index in [1.165, 1.54) is 0 Å². The normalized spacial score (nSPS) is 24.4. The maximum atomic E-state index is 12.0. The first kappa shape index (κ1) is 13.7. The zero-order valence-electron chi connectivity index (χ0n) is 12.2. The summed E-state index contributed by atoms with van der Waals surface area (Å²) in [5.41, 5.74) is 1.52. The third kappa shape index (κ3) is 2.71. The molecule has 1 aromatic carbocycles. The van der Waals surface area contributed by atoms with Crippen molar-refractivity contribution >= 4 is 16.9 Å². The molecule has 6 nitrogen and oxygen atoms in total. The Labute approximate surface area is 127 Å². The number of ether oxygens (including phenoxy) is 3. The number of carbonyl (C=O) groups is 1. The predicted molar refractivity (Wildman–Crippen MR) is 78.6 cm³/mol. The SMILES string of the molecule is O=C(OCC1CO1)c1ccc2c(cnn2C2CCCCO2)c1. The van der Waals surface area contributed by atoms with Gasteiger partial charge in [-0.1, -0.05) is 0 Å². The van der Waals surface area contributed by atoms with Crippen molar-refractivity contribution in [3.8, 4) is 0 Å². The highest BCUT2D eigenvalue weighted by Gasteiger charge is 2.25. The molecule has 2 aromatic rings. The van der Waals surface area contributed by atoms with Crippen LogP contribution in [0.15, 0.2) is 24.4 Å². The number of esters is 1. The third-order valence-electron chi connectivity index (χ3n) is 4.06. The summed E-state index contributed by atoms with van der Waals surface area (Å²) in [7, 11) is 0. The highest BCUT2D eigenvalue weighted by molar-refractivity contribution is 5.94. The molecule has 3 heterocycles. The van der Waals surface area contributed by atoms with Crippen LogP contribution in [-0.2, 0) is 14.2 Å². The van der Waals surface area contributed by atoms with Gasteiger partial charge >= 0.3 is 5.97 Å². The second kappa shape index (κ2) is 5.70. The van der Waals surface area contributed by atoms with Gasteiger partial charge in [0.05, 0.1) is 23.9 Å². The Morgan fingerprint density at radius 3 is 3.05 bits per heavy atom. The van der Waals surface area contributed by atoms with Gasteiger partial charge in [0.15, 0.2) is 6.23 Å². The molecule has 0 saturated carbocycles. The van der Waals surface area contributed by atoms with Gasteiger partial charge in [-0.3, -0.25) is 0 Å². The Bertz CT molecular complexity index is 687. The van der Waals surface area contributed by atoms with Crippen LogP contribution in [-0.4, -0.2) is 41.7 Å². The average Bonchev–Trinajstić information content (AvgIpc) is 3.30. The lowest BCUT2D eigenvalue weighted by Gasteiger charge is -2.23. The fourth-order valence-electron chi connectivity index (χ4n) is 2.74. The molecular weight excluding hydrogens is 284 g/mol. The van der Waals surface area contributed by atoms with Gasteiger partial charge in [0.25, 0.3) is 0 Å². The first-order chi connectivity index (χ1) is 10.8. The van der Waals surface area contributed by atoms with Crippen LogP contribution >= 0.6 is 0 Å². The van der Waals surface area contributed by atoms with Gasteiger partial charge in [0.2, 0.25) is 0 Å². The quantitative estimate of drug-likeness (QED) is 0.640. The van der Waals surface area contributed by atoms with Crippen molar-refractivity contribution in [3.63, 3.8) is 0 Å². The molecule has 0 bridgehead atoms. The summed E-state index contributed by atoms with van der Waals surface area (Å²) < 4.78 is 17.9. The fraction of sp³-hybridized carbons (Fsp3) is 0.500. The molecule has 4 rings (SSSR count). The van der Waals surface area contributed by atoms with Crippen LogP contribution in [0.3, 0.4) is 0 Å². The third-order valence-corrected chi connectivity index (χ3v) is 4.06. The van der Waals surface area contributed by atoms with E-state index in [-0.39, 0.29) is 18.3 Å². The second-order valence-corrected chi connectivity index (χ2v) is 5.74. The van der Waals surface area contributed by atoms with Gasteiger partial charge in [-0.05, 0) is 37.5 Å². The number of epoxide rings is 1. The maximum absolute atomic E-state index is 12.0. The molecular formula is C16H18N2O4.